The van der Waals surface area contributed by atoms with Crippen molar-refractivity contribution in [2.45, 2.75) is 26.7 Å². The van der Waals surface area contributed by atoms with E-state index in [-0.39, 0.29) is 5.91 Å². The van der Waals surface area contributed by atoms with Gasteiger partial charge in [-0.3, -0.25) is 4.79 Å². The van der Waals surface area contributed by atoms with Crippen LogP contribution in [0.4, 0.5) is 0 Å². The van der Waals surface area contributed by atoms with E-state index in [0.29, 0.717) is 26.3 Å². The van der Waals surface area contributed by atoms with E-state index in [0.717, 1.165) is 29.8 Å². The number of amides is 1. The number of rotatable bonds is 4. The van der Waals surface area contributed by atoms with E-state index in [9.17, 15) is 4.79 Å². The van der Waals surface area contributed by atoms with Crippen LogP contribution in [0.3, 0.4) is 0 Å². The number of carbonyl (C=O) groups excluding carboxylic acids is 1. The molecular formula is C18H23N3O2. The lowest BCUT2D eigenvalue weighted by molar-refractivity contribution is 0.0302. The molecule has 1 aliphatic heterocycles. The predicted molar refractivity (Wildman–Crippen MR) is 89.0 cm³/mol. The number of hydrogen-bond donors (Lipinski definition) is 0. The van der Waals surface area contributed by atoms with Crippen LogP contribution in [-0.4, -0.2) is 46.9 Å². The molecule has 1 aliphatic rings. The van der Waals surface area contributed by atoms with Gasteiger partial charge in [0.2, 0.25) is 0 Å². The lowest BCUT2D eigenvalue weighted by Crippen LogP contribution is -2.40. The minimum absolute atomic E-state index is 0.0654. The van der Waals surface area contributed by atoms with Crippen LogP contribution in [0.25, 0.3) is 5.69 Å². The Bertz CT molecular complexity index is 687. The van der Waals surface area contributed by atoms with Crippen molar-refractivity contribution < 1.29 is 9.53 Å². The molecule has 5 nitrogen and oxygen atoms in total. The number of benzene rings is 1. The number of ether oxygens (including phenoxy) is 1. The highest BCUT2D eigenvalue weighted by Gasteiger charge is 2.24. The molecular weight excluding hydrogens is 290 g/mol. The fourth-order valence-corrected chi connectivity index (χ4v) is 2.95. The van der Waals surface area contributed by atoms with Crippen LogP contribution < -0.4 is 0 Å². The Balaban J connectivity index is 1.96. The molecule has 2 heterocycles. The third kappa shape index (κ3) is 3.29. The maximum absolute atomic E-state index is 12.8. The smallest absolute Gasteiger partial charge is 0.257 e. The lowest BCUT2D eigenvalue weighted by Gasteiger charge is -2.26. The second kappa shape index (κ2) is 6.96. The van der Waals surface area contributed by atoms with Crippen molar-refractivity contribution in [1.82, 2.24) is 14.7 Å². The number of nitrogens with zero attached hydrogens (tertiary/aromatic N) is 3. The standard InChI is InChI=1S/C18H23N3O2/c1-3-5-17-16(18(22)20-8-10-23-11-9-20)13-19-21(17)15-7-4-6-14(2)12-15/h4,6-7,12-13H,3,5,8-11H2,1-2H3. The van der Waals surface area contributed by atoms with E-state index in [1.54, 1.807) is 6.20 Å². The quantitative estimate of drug-likeness (QED) is 0.872. The van der Waals surface area contributed by atoms with Crippen LogP contribution in [0.2, 0.25) is 0 Å². The average Bonchev–Trinajstić information content (AvgIpc) is 2.99. The number of carbonyl (C=O) groups is 1. The second-order valence-electron chi connectivity index (χ2n) is 5.91. The molecule has 23 heavy (non-hydrogen) atoms. The molecule has 0 radical (unpaired) electrons. The number of hydrogen-bond acceptors (Lipinski definition) is 3. The predicted octanol–water partition coefficient (Wildman–Crippen LogP) is 2.61. The number of aryl methyl sites for hydroxylation is 1. The van der Waals surface area contributed by atoms with Gasteiger partial charge >= 0.3 is 0 Å². The van der Waals surface area contributed by atoms with E-state index in [1.165, 1.54) is 5.56 Å². The maximum Gasteiger partial charge on any atom is 0.257 e. The molecule has 1 fully saturated rings. The van der Waals surface area contributed by atoms with Crippen molar-refractivity contribution in [1.29, 1.82) is 0 Å². The van der Waals surface area contributed by atoms with Gasteiger partial charge in [0.1, 0.15) is 0 Å². The normalized spacial score (nSPS) is 15.0. The van der Waals surface area contributed by atoms with Gasteiger partial charge in [-0.1, -0.05) is 25.5 Å². The van der Waals surface area contributed by atoms with Crippen molar-refractivity contribution in [2.24, 2.45) is 0 Å². The van der Waals surface area contributed by atoms with Crippen LogP contribution >= 0.6 is 0 Å². The average molecular weight is 313 g/mol. The lowest BCUT2D eigenvalue weighted by atomic mass is 10.1. The Morgan fingerprint density at radius 1 is 1.30 bits per heavy atom. The minimum Gasteiger partial charge on any atom is -0.378 e. The van der Waals surface area contributed by atoms with E-state index >= 15 is 0 Å². The Morgan fingerprint density at radius 2 is 2.09 bits per heavy atom. The second-order valence-corrected chi connectivity index (χ2v) is 5.91. The van der Waals surface area contributed by atoms with Crippen LogP contribution in [-0.2, 0) is 11.2 Å². The van der Waals surface area contributed by atoms with Gasteiger partial charge in [0, 0.05) is 13.1 Å². The fourth-order valence-electron chi connectivity index (χ4n) is 2.95. The van der Waals surface area contributed by atoms with Gasteiger partial charge in [-0.25, -0.2) is 4.68 Å². The van der Waals surface area contributed by atoms with Crippen LogP contribution in [0.1, 0.15) is 35.0 Å². The molecule has 0 spiro atoms. The summed E-state index contributed by atoms with van der Waals surface area (Å²) in [5, 5.41) is 4.50. The summed E-state index contributed by atoms with van der Waals surface area (Å²) in [7, 11) is 0. The molecule has 3 rings (SSSR count). The van der Waals surface area contributed by atoms with Gasteiger partial charge in [-0.15, -0.1) is 0 Å². The molecule has 122 valence electrons. The van der Waals surface area contributed by atoms with Crippen molar-refractivity contribution in [3.63, 3.8) is 0 Å². The topological polar surface area (TPSA) is 47.4 Å². The summed E-state index contributed by atoms with van der Waals surface area (Å²) >= 11 is 0. The molecule has 0 N–H and O–H groups in total. The highest BCUT2D eigenvalue weighted by molar-refractivity contribution is 5.95. The van der Waals surface area contributed by atoms with Crippen LogP contribution in [0, 0.1) is 6.92 Å². The van der Waals surface area contributed by atoms with Gasteiger partial charge in [0.15, 0.2) is 0 Å². The molecule has 5 heteroatoms. The van der Waals surface area contributed by atoms with E-state index in [2.05, 4.69) is 31.1 Å². The van der Waals surface area contributed by atoms with E-state index < -0.39 is 0 Å². The highest BCUT2D eigenvalue weighted by Crippen LogP contribution is 2.19. The number of morpholine rings is 1. The van der Waals surface area contributed by atoms with E-state index in [4.69, 9.17) is 4.74 Å². The van der Waals surface area contributed by atoms with Crippen LogP contribution in [0.15, 0.2) is 30.5 Å². The molecule has 0 saturated carbocycles. The molecule has 0 atom stereocenters. The SMILES string of the molecule is CCCc1c(C(=O)N2CCOCC2)cnn1-c1cccc(C)c1. The largest absolute Gasteiger partial charge is 0.378 e. The summed E-state index contributed by atoms with van der Waals surface area (Å²) in [5.74, 6) is 0.0654. The monoisotopic (exact) mass is 313 g/mol. The van der Waals surface area contributed by atoms with Crippen molar-refractivity contribution in [3.8, 4) is 5.69 Å². The fraction of sp³-hybridized carbons (Fsp3) is 0.444. The first-order valence-electron chi connectivity index (χ1n) is 8.21. The molecule has 1 amide bonds. The molecule has 2 aromatic rings. The minimum atomic E-state index is 0.0654. The van der Waals surface area contributed by atoms with Crippen LogP contribution in [0.5, 0.6) is 0 Å². The van der Waals surface area contributed by atoms with Gasteiger partial charge in [0.25, 0.3) is 5.91 Å². The maximum atomic E-state index is 12.8. The Labute approximate surface area is 136 Å². The Kier molecular flexibility index (Phi) is 4.76. The summed E-state index contributed by atoms with van der Waals surface area (Å²) in [5.41, 5.74) is 3.90. The first-order valence-corrected chi connectivity index (χ1v) is 8.21. The van der Waals surface area contributed by atoms with Crippen molar-refractivity contribution in [3.05, 3.63) is 47.3 Å². The summed E-state index contributed by atoms with van der Waals surface area (Å²) in [6.07, 6.45) is 3.52. The summed E-state index contributed by atoms with van der Waals surface area (Å²) in [4.78, 5) is 14.7. The molecule has 1 saturated heterocycles. The Morgan fingerprint density at radius 3 is 2.78 bits per heavy atom. The van der Waals surface area contributed by atoms with Gasteiger partial charge in [-0.2, -0.15) is 5.10 Å². The summed E-state index contributed by atoms with van der Waals surface area (Å²) < 4.78 is 7.24. The third-order valence-corrected chi connectivity index (χ3v) is 4.13. The van der Waals surface area contributed by atoms with Gasteiger partial charge < -0.3 is 9.64 Å². The molecule has 1 aromatic heterocycles. The highest BCUT2D eigenvalue weighted by atomic mass is 16.5. The molecule has 0 unspecified atom stereocenters. The first kappa shape index (κ1) is 15.7. The van der Waals surface area contributed by atoms with Gasteiger partial charge in [0.05, 0.1) is 36.4 Å². The van der Waals surface area contributed by atoms with Crippen molar-refractivity contribution in [2.75, 3.05) is 26.3 Å². The first-order chi connectivity index (χ1) is 11.2. The summed E-state index contributed by atoms with van der Waals surface area (Å²) in [6, 6.07) is 8.20. The zero-order chi connectivity index (χ0) is 16.2. The van der Waals surface area contributed by atoms with E-state index in [1.807, 2.05) is 21.7 Å². The van der Waals surface area contributed by atoms with Gasteiger partial charge in [-0.05, 0) is 31.0 Å². The van der Waals surface area contributed by atoms with Crippen molar-refractivity contribution >= 4 is 5.91 Å². The summed E-state index contributed by atoms with van der Waals surface area (Å²) in [6.45, 7) is 6.71. The zero-order valence-corrected chi connectivity index (χ0v) is 13.8. The molecule has 0 bridgehead atoms. The molecule has 0 aliphatic carbocycles. The molecule has 1 aromatic carbocycles. The third-order valence-electron chi connectivity index (χ3n) is 4.13. The Hall–Kier alpha value is -2.14. The zero-order valence-electron chi connectivity index (χ0n) is 13.8. The number of aromatic nitrogens is 2.